The zero-order chi connectivity index (χ0) is 7.98. The van der Waals surface area contributed by atoms with E-state index in [9.17, 15) is 4.79 Å². The summed E-state index contributed by atoms with van der Waals surface area (Å²) >= 11 is 0. The fourth-order valence-corrected chi connectivity index (χ4v) is 0.726. The van der Waals surface area contributed by atoms with Crippen molar-refractivity contribution in [2.75, 3.05) is 0 Å². The Morgan fingerprint density at radius 3 is 2.80 bits per heavy atom. The molecule has 0 saturated carbocycles. The summed E-state index contributed by atoms with van der Waals surface area (Å²) in [4.78, 5) is 9.93. The van der Waals surface area contributed by atoms with E-state index in [4.69, 9.17) is 11.1 Å². The maximum absolute atomic E-state index is 9.93. The number of hydrogen-bond acceptors (Lipinski definition) is 3. The first-order valence-corrected chi connectivity index (χ1v) is 3.48. The molecule has 0 saturated heterocycles. The van der Waals surface area contributed by atoms with Crippen molar-refractivity contribution in [1.29, 1.82) is 5.41 Å². The molecule has 0 aromatic heterocycles. The van der Waals surface area contributed by atoms with Gasteiger partial charge in [0.15, 0.2) is 0 Å². The third-order valence-corrected chi connectivity index (χ3v) is 1.35. The Balaban J connectivity index is 3.58. The molecule has 58 valence electrons. The van der Waals surface area contributed by atoms with Gasteiger partial charge in [-0.25, -0.2) is 0 Å². The molecule has 0 spiro atoms. The van der Waals surface area contributed by atoms with Gasteiger partial charge in [0.25, 0.3) is 0 Å². The van der Waals surface area contributed by atoms with Crippen molar-refractivity contribution in [3.8, 4) is 0 Å². The van der Waals surface area contributed by atoms with Crippen LogP contribution in [0.4, 0.5) is 0 Å². The van der Waals surface area contributed by atoms with E-state index in [0.29, 0.717) is 5.71 Å². The minimum Gasteiger partial charge on any atom is -0.323 e. The van der Waals surface area contributed by atoms with Crippen LogP contribution in [0.15, 0.2) is 0 Å². The van der Waals surface area contributed by atoms with Crippen LogP contribution in [0, 0.1) is 5.41 Å². The molecule has 3 N–H and O–H groups in total. The Kier molecular flexibility index (Phi) is 4.76. The minimum absolute atomic E-state index is 0.182. The summed E-state index contributed by atoms with van der Waals surface area (Å²) in [5.74, 6) is 0. The van der Waals surface area contributed by atoms with Crippen molar-refractivity contribution in [3.05, 3.63) is 0 Å². The lowest BCUT2D eigenvalue weighted by Crippen LogP contribution is -2.29. The largest absolute Gasteiger partial charge is 0.323 e. The summed E-state index contributed by atoms with van der Waals surface area (Å²) in [5, 5.41) is 7.24. The van der Waals surface area contributed by atoms with E-state index in [1.807, 2.05) is 6.92 Å². The smallest absolute Gasteiger partial charge is 0.125 e. The van der Waals surface area contributed by atoms with Crippen molar-refractivity contribution >= 4 is 12.0 Å². The van der Waals surface area contributed by atoms with Crippen molar-refractivity contribution in [2.45, 2.75) is 32.2 Å². The quantitative estimate of drug-likeness (QED) is 0.439. The fourth-order valence-electron chi connectivity index (χ4n) is 0.726. The van der Waals surface area contributed by atoms with E-state index in [1.165, 1.54) is 0 Å². The second-order valence-corrected chi connectivity index (χ2v) is 2.29. The van der Waals surface area contributed by atoms with Crippen molar-refractivity contribution < 1.29 is 4.79 Å². The Bertz CT molecular complexity index is 123. The number of carbonyl (C=O) groups excluding carboxylic acids is 1. The van der Waals surface area contributed by atoms with E-state index in [-0.39, 0.29) is 12.5 Å². The number of nitrogens with one attached hydrogen (secondary N) is 1. The van der Waals surface area contributed by atoms with Gasteiger partial charge >= 0.3 is 0 Å². The van der Waals surface area contributed by atoms with Crippen LogP contribution in [-0.2, 0) is 4.79 Å². The Morgan fingerprint density at radius 2 is 2.40 bits per heavy atom. The van der Waals surface area contributed by atoms with Gasteiger partial charge in [0.05, 0.1) is 0 Å². The van der Waals surface area contributed by atoms with Gasteiger partial charge in [0, 0.05) is 18.2 Å². The van der Waals surface area contributed by atoms with E-state index >= 15 is 0 Å². The van der Waals surface area contributed by atoms with Crippen LogP contribution in [0.5, 0.6) is 0 Å². The van der Waals surface area contributed by atoms with Crippen molar-refractivity contribution in [3.63, 3.8) is 0 Å². The van der Waals surface area contributed by atoms with Gasteiger partial charge in [-0.05, 0) is 6.42 Å². The molecule has 0 fully saturated rings. The number of hydrogen-bond donors (Lipinski definition) is 2. The molecular formula is C7H14N2O. The van der Waals surface area contributed by atoms with Crippen molar-refractivity contribution in [2.24, 2.45) is 5.73 Å². The second kappa shape index (κ2) is 5.11. The highest BCUT2D eigenvalue weighted by atomic mass is 16.1. The van der Waals surface area contributed by atoms with Crippen LogP contribution in [0.3, 0.4) is 0 Å². The standard InChI is InChI=1S/C7H14N2O/c1-2-3-6(8)7(9)4-5-10/h5-6,9H,2-4,8H2,1H3. The molecule has 0 bridgehead atoms. The maximum atomic E-state index is 9.93. The first-order valence-electron chi connectivity index (χ1n) is 3.48. The molecule has 0 radical (unpaired) electrons. The molecule has 0 rings (SSSR count). The van der Waals surface area contributed by atoms with Gasteiger partial charge < -0.3 is 15.9 Å². The monoisotopic (exact) mass is 142 g/mol. The van der Waals surface area contributed by atoms with Crippen LogP contribution in [-0.4, -0.2) is 18.0 Å². The Hall–Kier alpha value is -0.700. The van der Waals surface area contributed by atoms with Crippen LogP contribution in [0.2, 0.25) is 0 Å². The second-order valence-electron chi connectivity index (χ2n) is 2.29. The normalized spacial score (nSPS) is 12.6. The third-order valence-electron chi connectivity index (χ3n) is 1.35. The van der Waals surface area contributed by atoms with E-state index in [0.717, 1.165) is 19.1 Å². The highest BCUT2D eigenvalue weighted by Gasteiger charge is 2.05. The lowest BCUT2D eigenvalue weighted by atomic mass is 10.1. The number of rotatable bonds is 5. The average Bonchev–Trinajstić information content (AvgIpc) is 1.89. The van der Waals surface area contributed by atoms with Gasteiger partial charge in [0.1, 0.15) is 6.29 Å². The summed E-state index contributed by atoms with van der Waals surface area (Å²) in [7, 11) is 0. The summed E-state index contributed by atoms with van der Waals surface area (Å²) in [6.45, 7) is 2.01. The summed E-state index contributed by atoms with van der Waals surface area (Å²) < 4.78 is 0. The van der Waals surface area contributed by atoms with Crippen LogP contribution in [0.25, 0.3) is 0 Å². The Labute approximate surface area is 61.1 Å². The molecule has 1 atom stereocenters. The van der Waals surface area contributed by atoms with Gasteiger partial charge in [-0.15, -0.1) is 0 Å². The van der Waals surface area contributed by atoms with E-state index in [1.54, 1.807) is 0 Å². The Morgan fingerprint density at radius 1 is 1.80 bits per heavy atom. The highest BCUT2D eigenvalue weighted by Crippen LogP contribution is 1.96. The van der Waals surface area contributed by atoms with Gasteiger partial charge in [-0.2, -0.15) is 0 Å². The number of carbonyl (C=O) groups is 1. The molecule has 0 aliphatic heterocycles. The van der Waals surface area contributed by atoms with Gasteiger partial charge in [0.2, 0.25) is 0 Å². The zero-order valence-corrected chi connectivity index (χ0v) is 6.26. The fraction of sp³-hybridized carbons (Fsp3) is 0.714. The lowest BCUT2D eigenvalue weighted by Gasteiger charge is -2.08. The number of nitrogens with two attached hydrogens (primary N) is 1. The maximum Gasteiger partial charge on any atom is 0.125 e. The first kappa shape index (κ1) is 9.30. The van der Waals surface area contributed by atoms with Gasteiger partial charge in [-0.3, -0.25) is 0 Å². The molecule has 0 aliphatic rings. The summed E-state index contributed by atoms with van der Waals surface area (Å²) in [5.41, 5.74) is 5.87. The lowest BCUT2D eigenvalue weighted by molar-refractivity contribution is -0.106. The van der Waals surface area contributed by atoms with E-state index in [2.05, 4.69) is 0 Å². The molecule has 0 aromatic rings. The predicted octanol–water partition coefficient (Wildman–Crippen LogP) is 0.723. The van der Waals surface area contributed by atoms with E-state index < -0.39 is 0 Å². The predicted molar refractivity (Wildman–Crippen MR) is 41.3 cm³/mol. The SMILES string of the molecule is CCCC(N)C(=N)CC=O. The zero-order valence-electron chi connectivity index (χ0n) is 6.26. The molecule has 10 heavy (non-hydrogen) atoms. The molecule has 0 aromatic carbocycles. The van der Waals surface area contributed by atoms with Crippen LogP contribution in [0.1, 0.15) is 26.2 Å². The topological polar surface area (TPSA) is 66.9 Å². The molecule has 0 heterocycles. The summed E-state index contributed by atoms with van der Waals surface area (Å²) in [6, 6.07) is -0.213. The minimum atomic E-state index is -0.213. The summed E-state index contributed by atoms with van der Waals surface area (Å²) in [6.07, 6.45) is 2.66. The molecule has 0 amide bonds. The third kappa shape index (κ3) is 3.35. The molecule has 3 nitrogen and oxygen atoms in total. The highest BCUT2D eigenvalue weighted by molar-refractivity contribution is 5.95. The van der Waals surface area contributed by atoms with Crippen LogP contribution >= 0.6 is 0 Å². The molecular weight excluding hydrogens is 128 g/mol. The first-order chi connectivity index (χ1) is 4.72. The molecule has 1 unspecified atom stereocenters. The average molecular weight is 142 g/mol. The van der Waals surface area contributed by atoms with Gasteiger partial charge in [-0.1, -0.05) is 13.3 Å². The van der Waals surface area contributed by atoms with Crippen LogP contribution < -0.4 is 5.73 Å². The number of aldehydes is 1. The molecule has 0 aliphatic carbocycles. The molecule has 3 heteroatoms. The van der Waals surface area contributed by atoms with Crippen molar-refractivity contribution in [1.82, 2.24) is 0 Å².